The highest BCUT2D eigenvalue weighted by Crippen LogP contribution is 2.15. The molecule has 2 aliphatic heterocycles. The van der Waals surface area contributed by atoms with Crippen LogP contribution in [0, 0.1) is 0 Å². The Labute approximate surface area is 98.1 Å². The molecule has 1 amide bonds. The summed E-state index contributed by atoms with van der Waals surface area (Å²) in [6, 6.07) is 0. The van der Waals surface area contributed by atoms with Crippen molar-refractivity contribution in [1.82, 2.24) is 9.80 Å². The van der Waals surface area contributed by atoms with Crippen LogP contribution in [-0.2, 0) is 4.79 Å². The van der Waals surface area contributed by atoms with Crippen molar-refractivity contribution in [3.63, 3.8) is 0 Å². The van der Waals surface area contributed by atoms with Crippen molar-refractivity contribution in [1.29, 1.82) is 0 Å². The molecule has 0 aliphatic carbocycles. The number of rotatable bonds is 2. The Morgan fingerprint density at radius 3 is 2.31 bits per heavy atom. The molecule has 2 fully saturated rings. The fourth-order valence-corrected chi connectivity index (χ4v) is 2.48. The predicted octanol–water partition coefficient (Wildman–Crippen LogP) is 1.65. The van der Waals surface area contributed by atoms with Gasteiger partial charge >= 0.3 is 0 Å². The van der Waals surface area contributed by atoms with E-state index in [9.17, 15) is 4.79 Å². The van der Waals surface area contributed by atoms with Gasteiger partial charge in [0.15, 0.2) is 0 Å². The third-order valence-corrected chi connectivity index (χ3v) is 3.63. The van der Waals surface area contributed by atoms with E-state index in [1.165, 1.54) is 24.8 Å². The standard InChI is InChI=1S/C13H22N2O/c1-12-5-9-15(10-6-12)13(16)11-14-7-3-2-4-8-14/h1-11H2. The lowest BCUT2D eigenvalue weighted by Gasteiger charge is -2.32. The van der Waals surface area contributed by atoms with E-state index < -0.39 is 0 Å². The molecule has 0 aromatic carbocycles. The van der Waals surface area contributed by atoms with Crippen LogP contribution in [0.4, 0.5) is 0 Å². The van der Waals surface area contributed by atoms with Crippen LogP contribution in [-0.4, -0.2) is 48.4 Å². The van der Waals surface area contributed by atoms with E-state index in [4.69, 9.17) is 0 Å². The van der Waals surface area contributed by atoms with E-state index in [0.717, 1.165) is 39.0 Å². The Hall–Kier alpha value is -0.830. The molecule has 2 rings (SSSR count). The minimum Gasteiger partial charge on any atom is -0.341 e. The molecule has 0 spiro atoms. The highest BCUT2D eigenvalue weighted by Gasteiger charge is 2.21. The number of hydrogen-bond donors (Lipinski definition) is 0. The van der Waals surface area contributed by atoms with Gasteiger partial charge < -0.3 is 4.90 Å². The van der Waals surface area contributed by atoms with E-state index in [-0.39, 0.29) is 0 Å². The van der Waals surface area contributed by atoms with Gasteiger partial charge in [-0.25, -0.2) is 0 Å². The molecule has 2 heterocycles. The van der Waals surface area contributed by atoms with Crippen molar-refractivity contribution in [3.05, 3.63) is 12.2 Å². The monoisotopic (exact) mass is 222 g/mol. The Bertz CT molecular complexity index is 259. The van der Waals surface area contributed by atoms with Crippen molar-refractivity contribution >= 4 is 5.91 Å². The van der Waals surface area contributed by atoms with Crippen LogP contribution in [0.25, 0.3) is 0 Å². The van der Waals surface area contributed by atoms with Gasteiger partial charge in [0.05, 0.1) is 6.54 Å². The summed E-state index contributed by atoms with van der Waals surface area (Å²) in [5.74, 6) is 0.314. The van der Waals surface area contributed by atoms with Crippen LogP contribution in [0.5, 0.6) is 0 Å². The van der Waals surface area contributed by atoms with Crippen molar-refractivity contribution in [2.45, 2.75) is 32.1 Å². The molecule has 0 saturated carbocycles. The van der Waals surface area contributed by atoms with E-state index in [0.29, 0.717) is 12.5 Å². The first kappa shape index (κ1) is 11.6. The van der Waals surface area contributed by atoms with E-state index >= 15 is 0 Å². The summed E-state index contributed by atoms with van der Waals surface area (Å²) < 4.78 is 0. The van der Waals surface area contributed by atoms with Gasteiger partial charge in [-0.3, -0.25) is 9.69 Å². The van der Waals surface area contributed by atoms with Gasteiger partial charge in [0.1, 0.15) is 0 Å². The van der Waals surface area contributed by atoms with Crippen molar-refractivity contribution in [3.8, 4) is 0 Å². The SMILES string of the molecule is C=C1CCN(C(=O)CN2CCCCC2)CC1. The molecule has 3 nitrogen and oxygen atoms in total. The van der Waals surface area contributed by atoms with Gasteiger partial charge in [0.2, 0.25) is 5.91 Å². The Kier molecular flexibility index (Phi) is 3.99. The number of hydrogen-bond acceptors (Lipinski definition) is 2. The number of amides is 1. The minimum atomic E-state index is 0.314. The molecule has 16 heavy (non-hydrogen) atoms. The average molecular weight is 222 g/mol. The zero-order chi connectivity index (χ0) is 11.4. The second-order valence-corrected chi connectivity index (χ2v) is 4.97. The summed E-state index contributed by atoms with van der Waals surface area (Å²) in [5, 5.41) is 0. The molecule has 0 atom stereocenters. The van der Waals surface area contributed by atoms with Gasteiger partial charge in [-0.2, -0.15) is 0 Å². The summed E-state index contributed by atoms with van der Waals surface area (Å²) in [4.78, 5) is 16.3. The van der Waals surface area contributed by atoms with Gasteiger partial charge in [-0.15, -0.1) is 0 Å². The predicted molar refractivity (Wildman–Crippen MR) is 65.2 cm³/mol. The van der Waals surface area contributed by atoms with Gasteiger partial charge in [-0.05, 0) is 38.8 Å². The van der Waals surface area contributed by atoms with Crippen molar-refractivity contribution in [2.75, 3.05) is 32.7 Å². The summed E-state index contributed by atoms with van der Waals surface area (Å²) >= 11 is 0. The Balaban J connectivity index is 1.76. The maximum absolute atomic E-state index is 12.0. The topological polar surface area (TPSA) is 23.6 Å². The van der Waals surface area contributed by atoms with Crippen molar-refractivity contribution in [2.24, 2.45) is 0 Å². The van der Waals surface area contributed by atoms with Crippen LogP contribution in [0.15, 0.2) is 12.2 Å². The largest absolute Gasteiger partial charge is 0.341 e. The minimum absolute atomic E-state index is 0.314. The molecule has 0 radical (unpaired) electrons. The maximum atomic E-state index is 12.0. The van der Waals surface area contributed by atoms with E-state index in [1.54, 1.807) is 0 Å². The van der Waals surface area contributed by atoms with Crippen LogP contribution >= 0.6 is 0 Å². The molecule has 0 aromatic heterocycles. The molecule has 2 saturated heterocycles. The van der Waals surface area contributed by atoms with E-state index in [1.807, 2.05) is 4.90 Å². The third kappa shape index (κ3) is 3.08. The van der Waals surface area contributed by atoms with Crippen LogP contribution in [0.2, 0.25) is 0 Å². The van der Waals surface area contributed by atoms with Crippen LogP contribution < -0.4 is 0 Å². The molecular weight excluding hydrogens is 200 g/mol. The average Bonchev–Trinajstić information content (AvgIpc) is 2.31. The van der Waals surface area contributed by atoms with Crippen LogP contribution in [0.1, 0.15) is 32.1 Å². The second-order valence-electron chi connectivity index (χ2n) is 4.97. The fraction of sp³-hybridized carbons (Fsp3) is 0.769. The molecule has 0 aromatic rings. The highest BCUT2D eigenvalue weighted by atomic mass is 16.2. The first-order valence-corrected chi connectivity index (χ1v) is 6.42. The third-order valence-electron chi connectivity index (χ3n) is 3.63. The van der Waals surface area contributed by atoms with Gasteiger partial charge in [0.25, 0.3) is 0 Å². The Morgan fingerprint density at radius 2 is 1.69 bits per heavy atom. The maximum Gasteiger partial charge on any atom is 0.236 e. The first-order valence-electron chi connectivity index (χ1n) is 6.42. The summed E-state index contributed by atoms with van der Waals surface area (Å²) in [7, 11) is 0. The number of nitrogens with zero attached hydrogens (tertiary/aromatic N) is 2. The zero-order valence-corrected chi connectivity index (χ0v) is 10.1. The number of carbonyl (C=O) groups is 1. The lowest BCUT2D eigenvalue weighted by atomic mass is 10.1. The quantitative estimate of drug-likeness (QED) is 0.663. The molecule has 3 heteroatoms. The normalized spacial score (nSPS) is 23.5. The molecule has 90 valence electrons. The second kappa shape index (κ2) is 5.48. The zero-order valence-electron chi connectivity index (χ0n) is 10.1. The lowest BCUT2D eigenvalue weighted by molar-refractivity contribution is -0.133. The van der Waals surface area contributed by atoms with Gasteiger partial charge in [0, 0.05) is 13.1 Å². The fourth-order valence-electron chi connectivity index (χ4n) is 2.48. The number of piperidine rings is 2. The first-order chi connectivity index (χ1) is 7.75. The molecular formula is C13H22N2O. The van der Waals surface area contributed by atoms with Gasteiger partial charge in [-0.1, -0.05) is 18.6 Å². The highest BCUT2D eigenvalue weighted by molar-refractivity contribution is 5.78. The van der Waals surface area contributed by atoms with Crippen LogP contribution in [0.3, 0.4) is 0 Å². The molecule has 0 unspecified atom stereocenters. The van der Waals surface area contributed by atoms with E-state index in [2.05, 4.69) is 11.5 Å². The summed E-state index contributed by atoms with van der Waals surface area (Å²) in [6.45, 7) is 8.57. The molecule has 0 bridgehead atoms. The lowest BCUT2D eigenvalue weighted by Crippen LogP contribution is -2.44. The summed E-state index contributed by atoms with van der Waals surface area (Å²) in [6.07, 6.45) is 5.82. The van der Waals surface area contributed by atoms with Crippen molar-refractivity contribution < 1.29 is 4.79 Å². The summed E-state index contributed by atoms with van der Waals surface area (Å²) in [5.41, 5.74) is 1.29. The number of likely N-dealkylation sites (tertiary alicyclic amines) is 2. The number of carbonyl (C=O) groups excluding carboxylic acids is 1. The molecule has 2 aliphatic rings. The molecule has 0 N–H and O–H groups in total. The Morgan fingerprint density at radius 1 is 1.06 bits per heavy atom. The smallest absolute Gasteiger partial charge is 0.236 e.